The van der Waals surface area contributed by atoms with Gasteiger partial charge in [-0.25, -0.2) is 0 Å². The van der Waals surface area contributed by atoms with E-state index in [9.17, 15) is 18.9 Å². The Balaban J connectivity index is 2.75. The third-order valence-electron chi connectivity index (χ3n) is 3.80. The Hall–Kier alpha value is -1.44. The summed E-state index contributed by atoms with van der Waals surface area (Å²) in [5, 5.41) is 2.57. The summed E-state index contributed by atoms with van der Waals surface area (Å²) in [4.78, 5) is 35.0. The summed E-state index contributed by atoms with van der Waals surface area (Å²) in [7, 11) is -1.15. The third kappa shape index (κ3) is 6.09. The van der Waals surface area contributed by atoms with E-state index in [1.165, 1.54) is 14.2 Å². The molecule has 9 nitrogen and oxygen atoms in total. The van der Waals surface area contributed by atoms with Crippen LogP contribution in [0.5, 0.6) is 0 Å². The molecule has 0 aromatic carbocycles. The van der Waals surface area contributed by atoms with E-state index in [-0.39, 0.29) is 25.7 Å². The van der Waals surface area contributed by atoms with Crippen molar-refractivity contribution in [2.75, 3.05) is 33.5 Å². The van der Waals surface area contributed by atoms with E-state index in [0.717, 1.165) is 0 Å². The molecule has 1 unspecified atom stereocenters. The van der Waals surface area contributed by atoms with E-state index >= 15 is 0 Å². The van der Waals surface area contributed by atoms with Gasteiger partial charge in [0.2, 0.25) is 5.91 Å². The predicted molar refractivity (Wildman–Crippen MR) is 87.9 cm³/mol. The molecule has 1 rings (SSSR count). The molecule has 0 saturated carbocycles. The second kappa shape index (κ2) is 8.78. The Kier molecular flexibility index (Phi) is 7.59. The van der Waals surface area contributed by atoms with Gasteiger partial charge in [-0.05, 0) is 0 Å². The third-order valence-corrected chi connectivity index (χ3v) is 5.85. The first-order valence-electron chi connectivity index (χ1n) is 7.89. The maximum atomic E-state index is 12.8. The first-order chi connectivity index (χ1) is 11.5. The molecule has 25 heavy (non-hydrogen) atoms. The number of carbonyl (C=O) groups excluding carboxylic acids is 3. The SMILES string of the molecule is COC(=O)CCNC(=O)[C@@H]1OP(=O)(C[C@H](C)C(=O)OC)OCC1(C)C. The number of amides is 1. The molecule has 1 saturated heterocycles. The second-order valence-electron chi connectivity index (χ2n) is 6.58. The average Bonchev–Trinajstić information content (AvgIpc) is 2.56. The highest BCUT2D eigenvalue weighted by Crippen LogP contribution is 2.57. The van der Waals surface area contributed by atoms with E-state index in [4.69, 9.17) is 9.05 Å². The van der Waals surface area contributed by atoms with Gasteiger partial charge in [0.1, 0.15) is 0 Å². The van der Waals surface area contributed by atoms with Gasteiger partial charge >= 0.3 is 19.5 Å². The number of hydrogen-bond donors (Lipinski definition) is 1. The van der Waals surface area contributed by atoms with Crippen molar-refractivity contribution in [2.45, 2.75) is 33.3 Å². The number of ether oxygens (including phenoxy) is 2. The largest absolute Gasteiger partial charge is 0.469 e. The van der Waals surface area contributed by atoms with E-state index in [1.807, 2.05) is 0 Å². The molecule has 1 aliphatic heterocycles. The fourth-order valence-corrected chi connectivity index (χ4v) is 4.57. The van der Waals surface area contributed by atoms with Crippen molar-refractivity contribution < 1.29 is 37.5 Å². The van der Waals surface area contributed by atoms with Crippen LogP contribution < -0.4 is 5.32 Å². The second-order valence-corrected chi connectivity index (χ2v) is 8.64. The van der Waals surface area contributed by atoms with E-state index in [0.29, 0.717) is 0 Å². The van der Waals surface area contributed by atoms with Crippen molar-refractivity contribution in [3.63, 3.8) is 0 Å². The lowest BCUT2D eigenvalue weighted by molar-refractivity contribution is -0.144. The minimum absolute atomic E-state index is 0.0168. The summed E-state index contributed by atoms with van der Waals surface area (Å²) in [6.07, 6.45) is -1.19. The topological polar surface area (TPSA) is 117 Å². The number of nitrogens with one attached hydrogen (secondary N) is 1. The number of carbonyl (C=O) groups is 3. The molecule has 1 N–H and O–H groups in total. The summed E-state index contributed by atoms with van der Waals surface area (Å²) in [5.74, 6) is -2.18. The van der Waals surface area contributed by atoms with Gasteiger partial charge in [-0.1, -0.05) is 20.8 Å². The standard InChI is InChI=1S/C15H26NO8P/c1-10(14(19)22-5)8-25(20)23-9-15(2,3)12(24-25)13(18)16-7-6-11(17)21-4/h10,12H,6-9H2,1-5H3,(H,16,18)/t10-,12-,25?/m0/s1. The highest BCUT2D eigenvalue weighted by Gasteiger charge is 2.48. The zero-order valence-electron chi connectivity index (χ0n) is 15.2. The lowest BCUT2D eigenvalue weighted by Gasteiger charge is -2.40. The highest BCUT2D eigenvalue weighted by atomic mass is 31.2. The minimum atomic E-state index is -3.64. The summed E-state index contributed by atoms with van der Waals surface area (Å²) < 4.78 is 32.7. The molecule has 1 amide bonds. The van der Waals surface area contributed by atoms with Crippen LogP contribution in [0.3, 0.4) is 0 Å². The van der Waals surface area contributed by atoms with Gasteiger partial charge in [0, 0.05) is 12.0 Å². The smallest absolute Gasteiger partial charge is 0.332 e. The van der Waals surface area contributed by atoms with Crippen molar-refractivity contribution >= 4 is 25.4 Å². The normalized spacial score (nSPS) is 26.4. The Bertz CT molecular complexity index is 562. The van der Waals surface area contributed by atoms with Gasteiger partial charge in [-0.3, -0.25) is 23.5 Å². The fraction of sp³-hybridized carbons (Fsp3) is 0.800. The number of hydrogen-bond acceptors (Lipinski definition) is 8. The van der Waals surface area contributed by atoms with Crippen molar-refractivity contribution in [1.82, 2.24) is 5.32 Å². The van der Waals surface area contributed by atoms with Crippen LogP contribution in [0, 0.1) is 11.3 Å². The maximum Gasteiger partial charge on any atom is 0.332 e. The van der Waals surface area contributed by atoms with Crippen LogP contribution in [0.1, 0.15) is 27.2 Å². The van der Waals surface area contributed by atoms with Crippen LogP contribution in [0.15, 0.2) is 0 Å². The molecule has 0 aliphatic carbocycles. The van der Waals surface area contributed by atoms with Crippen LogP contribution in [-0.2, 0) is 37.5 Å². The van der Waals surface area contributed by atoms with E-state index in [2.05, 4.69) is 14.8 Å². The molecular formula is C15H26NO8P. The molecule has 144 valence electrons. The molecule has 1 fully saturated rings. The summed E-state index contributed by atoms with van der Waals surface area (Å²) in [6.45, 7) is 5.14. The van der Waals surface area contributed by atoms with E-state index < -0.39 is 42.9 Å². The van der Waals surface area contributed by atoms with Crippen LogP contribution in [0.25, 0.3) is 0 Å². The quantitative estimate of drug-likeness (QED) is 0.516. The average molecular weight is 379 g/mol. The van der Waals surface area contributed by atoms with Crippen molar-refractivity contribution in [1.29, 1.82) is 0 Å². The molecule has 1 aliphatic rings. The minimum Gasteiger partial charge on any atom is -0.469 e. The number of esters is 2. The Morgan fingerprint density at radius 1 is 1.28 bits per heavy atom. The van der Waals surface area contributed by atoms with Crippen LogP contribution >= 0.6 is 7.60 Å². The first-order valence-corrected chi connectivity index (χ1v) is 9.62. The number of rotatable bonds is 7. The van der Waals surface area contributed by atoms with Gasteiger partial charge < -0.3 is 19.3 Å². The Labute approximate surface area is 147 Å². The summed E-state index contributed by atoms with van der Waals surface area (Å²) >= 11 is 0. The molecule has 10 heteroatoms. The van der Waals surface area contributed by atoms with Crippen LogP contribution in [-0.4, -0.2) is 57.5 Å². The molecule has 0 spiro atoms. The van der Waals surface area contributed by atoms with Gasteiger partial charge in [0.15, 0.2) is 6.10 Å². The first kappa shape index (κ1) is 21.6. The number of methoxy groups -OCH3 is 2. The summed E-state index contributed by atoms with van der Waals surface area (Å²) in [6, 6.07) is 0. The lowest BCUT2D eigenvalue weighted by Crippen LogP contribution is -2.50. The zero-order chi connectivity index (χ0) is 19.3. The zero-order valence-corrected chi connectivity index (χ0v) is 16.1. The molecule has 1 heterocycles. The fourth-order valence-electron chi connectivity index (χ4n) is 2.27. The van der Waals surface area contributed by atoms with Gasteiger partial charge in [-0.15, -0.1) is 0 Å². The Morgan fingerprint density at radius 2 is 1.92 bits per heavy atom. The van der Waals surface area contributed by atoms with Crippen molar-refractivity contribution in [3.05, 3.63) is 0 Å². The molecule has 0 bridgehead atoms. The van der Waals surface area contributed by atoms with Crippen molar-refractivity contribution in [3.8, 4) is 0 Å². The highest BCUT2D eigenvalue weighted by molar-refractivity contribution is 7.54. The molecule has 0 aromatic rings. The van der Waals surface area contributed by atoms with Crippen LogP contribution in [0.2, 0.25) is 0 Å². The molecule has 0 aromatic heterocycles. The van der Waals surface area contributed by atoms with E-state index in [1.54, 1.807) is 20.8 Å². The van der Waals surface area contributed by atoms with Crippen molar-refractivity contribution in [2.24, 2.45) is 11.3 Å². The van der Waals surface area contributed by atoms with Gasteiger partial charge in [-0.2, -0.15) is 0 Å². The monoisotopic (exact) mass is 379 g/mol. The van der Waals surface area contributed by atoms with Gasteiger partial charge in [0.05, 0.1) is 39.3 Å². The molecule has 3 atom stereocenters. The molecule has 0 radical (unpaired) electrons. The van der Waals surface area contributed by atoms with Crippen LogP contribution in [0.4, 0.5) is 0 Å². The Morgan fingerprint density at radius 3 is 2.48 bits per heavy atom. The maximum absolute atomic E-state index is 12.8. The predicted octanol–water partition coefficient (Wildman–Crippen LogP) is 1.11. The summed E-state index contributed by atoms with van der Waals surface area (Å²) in [5.41, 5.74) is -0.724. The van der Waals surface area contributed by atoms with Gasteiger partial charge in [0.25, 0.3) is 0 Å². The lowest BCUT2D eigenvalue weighted by atomic mass is 9.87. The molecular weight excluding hydrogens is 353 g/mol.